The van der Waals surface area contributed by atoms with Gasteiger partial charge in [-0.25, -0.2) is 0 Å². The third kappa shape index (κ3) is 3.63. The molecule has 0 unspecified atom stereocenters. The van der Waals surface area contributed by atoms with E-state index in [4.69, 9.17) is 4.74 Å². The standard InChI is InChI=1S/C35H24BrNO5/c1-20(38)42-27-13-7-10-22-16-19-28-35(33(40)25-11-5-6-12-26(25)34(35)41)29(21-14-17-24(36)18-15-21)31(37(28)30(22)27)32(39)23-8-3-2-4-9-23/h2-19,28-29,31H,1H3/t28-,29-,31-/m0/s1. The van der Waals surface area contributed by atoms with Crippen molar-refractivity contribution >= 4 is 51.0 Å². The summed E-state index contributed by atoms with van der Waals surface area (Å²) in [5.41, 5.74) is 1.44. The number of halogens is 1. The number of rotatable bonds is 4. The number of esters is 1. The van der Waals surface area contributed by atoms with Crippen LogP contribution in [0.25, 0.3) is 6.08 Å². The molecule has 7 heteroatoms. The summed E-state index contributed by atoms with van der Waals surface area (Å²) < 4.78 is 6.51. The zero-order valence-electron chi connectivity index (χ0n) is 22.5. The number of carbonyl (C=O) groups excluding carboxylic acids is 4. The van der Waals surface area contributed by atoms with Crippen LogP contribution in [-0.2, 0) is 4.79 Å². The third-order valence-electron chi connectivity index (χ3n) is 8.60. The fourth-order valence-electron chi connectivity index (χ4n) is 7.04. The van der Waals surface area contributed by atoms with E-state index in [2.05, 4.69) is 15.9 Å². The van der Waals surface area contributed by atoms with Crippen molar-refractivity contribution in [2.24, 2.45) is 5.41 Å². The number of fused-ring (bicyclic) bond motifs is 5. The molecule has 1 saturated heterocycles. The molecule has 0 aromatic heterocycles. The van der Waals surface area contributed by atoms with Crippen molar-refractivity contribution in [1.82, 2.24) is 0 Å². The van der Waals surface area contributed by atoms with E-state index in [1.807, 2.05) is 53.5 Å². The molecule has 0 amide bonds. The van der Waals surface area contributed by atoms with E-state index in [0.29, 0.717) is 27.9 Å². The molecule has 1 aliphatic carbocycles. The summed E-state index contributed by atoms with van der Waals surface area (Å²) >= 11 is 3.50. The first-order valence-electron chi connectivity index (χ1n) is 13.7. The number of Topliss-reactive ketones (excluding diaryl/α,β-unsaturated/α-hetero) is 3. The Morgan fingerprint density at radius 1 is 0.810 bits per heavy atom. The maximum atomic E-state index is 14.7. The lowest BCUT2D eigenvalue weighted by Crippen LogP contribution is -2.48. The SMILES string of the molecule is CC(=O)Oc1cccc2c1N1[C@H](C(=O)c3ccccc3)[C@H](c3ccc(Br)cc3)C3(C(=O)c4ccccc4C3=O)[C@@H]1C=C2. The zero-order chi connectivity index (χ0) is 29.2. The average molecular weight is 618 g/mol. The molecule has 42 heavy (non-hydrogen) atoms. The summed E-state index contributed by atoms with van der Waals surface area (Å²) in [5.74, 6) is -1.96. The van der Waals surface area contributed by atoms with Crippen molar-refractivity contribution in [3.8, 4) is 5.75 Å². The van der Waals surface area contributed by atoms with Gasteiger partial charge in [-0.3, -0.25) is 19.2 Å². The van der Waals surface area contributed by atoms with E-state index < -0.39 is 29.4 Å². The first kappa shape index (κ1) is 26.3. The monoisotopic (exact) mass is 617 g/mol. The summed E-state index contributed by atoms with van der Waals surface area (Å²) in [6.07, 6.45) is 3.70. The largest absolute Gasteiger partial charge is 0.424 e. The summed E-state index contributed by atoms with van der Waals surface area (Å²) in [7, 11) is 0. The van der Waals surface area contributed by atoms with Crippen LogP contribution in [0.5, 0.6) is 5.75 Å². The van der Waals surface area contributed by atoms with Gasteiger partial charge in [-0.1, -0.05) is 107 Å². The van der Waals surface area contributed by atoms with Crippen molar-refractivity contribution in [2.45, 2.75) is 24.9 Å². The number of nitrogens with zero attached hydrogens (tertiary/aromatic N) is 1. The minimum atomic E-state index is -1.63. The number of anilines is 1. The second-order valence-electron chi connectivity index (χ2n) is 10.8. The van der Waals surface area contributed by atoms with E-state index in [-0.39, 0.29) is 23.1 Å². The van der Waals surface area contributed by atoms with Crippen LogP contribution >= 0.6 is 15.9 Å². The molecule has 2 aliphatic heterocycles. The second-order valence-corrected chi connectivity index (χ2v) is 11.7. The van der Waals surface area contributed by atoms with Gasteiger partial charge in [0.1, 0.15) is 11.5 Å². The molecule has 0 bridgehead atoms. The smallest absolute Gasteiger partial charge is 0.308 e. The highest BCUT2D eigenvalue weighted by Crippen LogP contribution is 2.62. The number of benzene rings is 4. The highest BCUT2D eigenvalue weighted by atomic mass is 79.9. The van der Waals surface area contributed by atoms with Crippen molar-refractivity contribution < 1.29 is 23.9 Å². The van der Waals surface area contributed by atoms with Crippen LogP contribution in [0.3, 0.4) is 0 Å². The van der Waals surface area contributed by atoms with Gasteiger partial charge in [0, 0.05) is 39.6 Å². The van der Waals surface area contributed by atoms with E-state index in [9.17, 15) is 19.2 Å². The molecule has 3 atom stereocenters. The Bertz CT molecular complexity index is 1790. The Hall–Kier alpha value is -4.62. The third-order valence-corrected chi connectivity index (χ3v) is 9.12. The van der Waals surface area contributed by atoms with Gasteiger partial charge in [0.05, 0.1) is 11.7 Å². The molecule has 2 heterocycles. The van der Waals surface area contributed by atoms with Crippen LogP contribution < -0.4 is 9.64 Å². The summed E-state index contributed by atoms with van der Waals surface area (Å²) in [6.45, 7) is 1.32. The number of hydrogen-bond donors (Lipinski definition) is 0. The van der Waals surface area contributed by atoms with E-state index in [1.165, 1.54) is 6.92 Å². The van der Waals surface area contributed by atoms with Gasteiger partial charge in [-0.05, 0) is 23.8 Å². The molecule has 1 spiro atoms. The minimum Gasteiger partial charge on any atom is -0.424 e. The zero-order valence-corrected chi connectivity index (χ0v) is 24.1. The van der Waals surface area contributed by atoms with Crippen LogP contribution in [0.4, 0.5) is 5.69 Å². The van der Waals surface area contributed by atoms with Crippen molar-refractivity contribution in [1.29, 1.82) is 0 Å². The number of ketones is 3. The molecule has 0 N–H and O–H groups in total. The number of carbonyl (C=O) groups is 4. The normalized spacial score (nSPS) is 21.2. The van der Waals surface area contributed by atoms with Gasteiger partial charge in [-0.15, -0.1) is 0 Å². The number of ether oxygens (including phenoxy) is 1. The minimum absolute atomic E-state index is 0.235. The van der Waals surface area contributed by atoms with Gasteiger partial charge in [0.15, 0.2) is 23.1 Å². The predicted molar refractivity (Wildman–Crippen MR) is 162 cm³/mol. The lowest BCUT2D eigenvalue weighted by atomic mass is 9.64. The molecule has 206 valence electrons. The summed E-state index contributed by atoms with van der Waals surface area (Å²) in [6, 6.07) is 26.7. The van der Waals surface area contributed by atoms with Gasteiger partial charge in [-0.2, -0.15) is 0 Å². The first-order valence-corrected chi connectivity index (χ1v) is 14.4. The van der Waals surface area contributed by atoms with Crippen molar-refractivity contribution in [3.63, 3.8) is 0 Å². The fraction of sp³-hybridized carbons (Fsp3) is 0.143. The molecule has 6 nitrogen and oxygen atoms in total. The van der Waals surface area contributed by atoms with Crippen molar-refractivity contribution in [3.05, 3.63) is 135 Å². The Kier molecular flexibility index (Phi) is 6.10. The molecule has 0 saturated carbocycles. The topological polar surface area (TPSA) is 80.8 Å². The van der Waals surface area contributed by atoms with Crippen LogP contribution in [0.2, 0.25) is 0 Å². The van der Waals surface area contributed by atoms with Crippen molar-refractivity contribution in [2.75, 3.05) is 4.90 Å². The lowest BCUT2D eigenvalue weighted by Gasteiger charge is -2.37. The van der Waals surface area contributed by atoms with Crippen LogP contribution in [0.15, 0.2) is 108 Å². The first-order chi connectivity index (χ1) is 20.3. The van der Waals surface area contributed by atoms with E-state index in [1.54, 1.807) is 60.7 Å². The Labute approximate surface area is 250 Å². The molecular weight excluding hydrogens is 594 g/mol. The Morgan fingerprint density at radius 3 is 2.10 bits per heavy atom. The number of para-hydroxylation sites is 1. The fourth-order valence-corrected chi connectivity index (χ4v) is 7.30. The van der Waals surface area contributed by atoms with Crippen LogP contribution in [0.1, 0.15) is 55.0 Å². The van der Waals surface area contributed by atoms with Gasteiger partial charge < -0.3 is 9.64 Å². The lowest BCUT2D eigenvalue weighted by molar-refractivity contribution is -0.131. The second kappa shape index (κ2) is 9.74. The molecule has 4 aromatic carbocycles. The maximum Gasteiger partial charge on any atom is 0.308 e. The molecule has 1 fully saturated rings. The summed E-state index contributed by atoms with van der Waals surface area (Å²) in [4.78, 5) is 58.2. The predicted octanol–water partition coefficient (Wildman–Crippen LogP) is 6.69. The molecular formula is C35H24BrNO5. The van der Waals surface area contributed by atoms with Crippen LogP contribution in [-0.4, -0.2) is 35.4 Å². The Morgan fingerprint density at radius 2 is 1.45 bits per heavy atom. The number of hydrogen-bond acceptors (Lipinski definition) is 6. The highest BCUT2D eigenvalue weighted by molar-refractivity contribution is 9.10. The maximum absolute atomic E-state index is 14.7. The van der Waals surface area contributed by atoms with E-state index >= 15 is 0 Å². The van der Waals surface area contributed by atoms with Crippen LogP contribution in [0, 0.1) is 5.41 Å². The van der Waals surface area contributed by atoms with Gasteiger partial charge in [0.25, 0.3) is 0 Å². The van der Waals surface area contributed by atoms with E-state index in [0.717, 1.165) is 10.0 Å². The van der Waals surface area contributed by atoms with Gasteiger partial charge in [0.2, 0.25) is 0 Å². The quantitative estimate of drug-likeness (QED) is 0.110. The Balaban J connectivity index is 1.57. The van der Waals surface area contributed by atoms with Gasteiger partial charge >= 0.3 is 5.97 Å². The molecule has 4 aromatic rings. The molecule has 3 aliphatic rings. The molecule has 0 radical (unpaired) electrons. The summed E-state index contributed by atoms with van der Waals surface area (Å²) in [5, 5.41) is 0. The average Bonchev–Trinajstić information content (AvgIpc) is 3.43. The highest BCUT2D eigenvalue weighted by Gasteiger charge is 2.71. The molecule has 7 rings (SSSR count).